The summed E-state index contributed by atoms with van der Waals surface area (Å²) in [5.74, 6) is 0.211. The lowest BCUT2D eigenvalue weighted by atomic mass is 10.1. The Kier molecular flexibility index (Phi) is 8.03. The molecular weight excluding hydrogens is 276 g/mol. The number of ether oxygens (including phenoxy) is 2. The van der Waals surface area contributed by atoms with Gasteiger partial charge in [0.15, 0.2) is 5.84 Å². The van der Waals surface area contributed by atoms with Crippen molar-refractivity contribution in [2.75, 3.05) is 53.1 Å². The monoisotopic (exact) mass is 302 g/mol. The van der Waals surface area contributed by atoms with Crippen LogP contribution in [0.1, 0.15) is 13.3 Å². The van der Waals surface area contributed by atoms with Gasteiger partial charge >= 0.3 is 0 Å². The van der Waals surface area contributed by atoms with Gasteiger partial charge in [-0.3, -0.25) is 9.69 Å². The van der Waals surface area contributed by atoms with E-state index in [1.165, 1.54) is 0 Å². The van der Waals surface area contributed by atoms with E-state index < -0.39 is 0 Å². The summed E-state index contributed by atoms with van der Waals surface area (Å²) >= 11 is 0. The molecule has 3 N–H and O–H groups in total. The van der Waals surface area contributed by atoms with Crippen molar-refractivity contribution in [2.45, 2.75) is 19.4 Å². The molecule has 1 fully saturated rings. The van der Waals surface area contributed by atoms with Gasteiger partial charge in [-0.2, -0.15) is 0 Å². The molecule has 1 aliphatic heterocycles. The molecule has 0 spiro atoms. The van der Waals surface area contributed by atoms with E-state index in [4.69, 9.17) is 20.4 Å². The van der Waals surface area contributed by atoms with E-state index >= 15 is 0 Å². The zero-order valence-corrected chi connectivity index (χ0v) is 12.8. The fourth-order valence-corrected chi connectivity index (χ4v) is 2.40. The summed E-state index contributed by atoms with van der Waals surface area (Å²) < 4.78 is 10.1. The summed E-state index contributed by atoms with van der Waals surface area (Å²) in [6.07, 6.45) is 0.768. The zero-order valence-electron chi connectivity index (χ0n) is 12.8. The van der Waals surface area contributed by atoms with Crippen LogP contribution in [0.4, 0.5) is 0 Å². The number of carbonyl (C=O) groups excluding carboxylic acids is 1. The number of amidine groups is 1. The van der Waals surface area contributed by atoms with Crippen molar-refractivity contribution < 1.29 is 19.5 Å². The lowest BCUT2D eigenvalue weighted by Gasteiger charge is -2.38. The van der Waals surface area contributed by atoms with Crippen molar-refractivity contribution in [2.24, 2.45) is 10.9 Å². The summed E-state index contributed by atoms with van der Waals surface area (Å²) in [6.45, 7) is 5.65. The predicted octanol–water partition coefficient (Wildman–Crippen LogP) is -0.681. The molecule has 0 aromatic rings. The van der Waals surface area contributed by atoms with Crippen LogP contribution in [0.3, 0.4) is 0 Å². The second kappa shape index (κ2) is 9.54. The van der Waals surface area contributed by atoms with E-state index in [1.54, 1.807) is 12.0 Å². The quantitative estimate of drug-likeness (QED) is 0.202. The van der Waals surface area contributed by atoms with Crippen LogP contribution in [-0.2, 0) is 14.3 Å². The van der Waals surface area contributed by atoms with Crippen molar-refractivity contribution in [1.82, 2.24) is 9.80 Å². The first-order valence-corrected chi connectivity index (χ1v) is 7.19. The molecule has 1 atom stereocenters. The Labute approximate surface area is 125 Å². The van der Waals surface area contributed by atoms with Gasteiger partial charge in [-0.25, -0.2) is 0 Å². The third-order valence-corrected chi connectivity index (χ3v) is 3.61. The number of hydrogen-bond acceptors (Lipinski definition) is 6. The summed E-state index contributed by atoms with van der Waals surface area (Å²) in [6, 6.07) is -0.0785. The van der Waals surface area contributed by atoms with Crippen LogP contribution >= 0.6 is 0 Å². The highest BCUT2D eigenvalue weighted by Crippen LogP contribution is 2.10. The highest BCUT2D eigenvalue weighted by Gasteiger charge is 2.27. The Morgan fingerprint density at radius 2 is 2.00 bits per heavy atom. The molecule has 1 rings (SSSR count). The maximum Gasteiger partial charge on any atom is 0.248 e. The molecule has 0 saturated carbocycles. The SMILES string of the molecule is CCC(C(N)=NO)N1CCN(C(=O)COCCOC)CC1. The molecule has 0 radical (unpaired) electrons. The third kappa shape index (κ3) is 5.49. The molecule has 0 aromatic carbocycles. The summed E-state index contributed by atoms with van der Waals surface area (Å²) in [7, 11) is 1.59. The number of rotatable bonds is 8. The fourth-order valence-electron chi connectivity index (χ4n) is 2.40. The predicted molar refractivity (Wildman–Crippen MR) is 78.3 cm³/mol. The number of nitrogens with two attached hydrogens (primary N) is 1. The minimum absolute atomic E-state index is 0.0115. The smallest absolute Gasteiger partial charge is 0.248 e. The molecule has 1 amide bonds. The summed E-state index contributed by atoms with van der Waals surface area (Å²) in [5, 5.41) is 11.9. The number of nitrogens with zero attached hydrogens (tertiary/aromatic N) is 3. The molecule has 1 heterocycles. The average Bonchev–Trinajstić information content (AvgIpc) is 2.52. The second-order valence-electron chi connectivity index (χ2n) is 4.91. The van der Waals surface area contributed by atoms with E-state index in [2.05, 4.69) is 10.1 Å². The van der Waals surface area contributed by atoms with Gasteiger partial charge in [-0.15, -0.1) is 0 Å². The Bertz CT molecular complexity index is 343. The Morgan fingerprint density at radius 3 is 2.52 bits per heavy atom. The highest BCUT2D eigenvalue weighted by atomic mass is 16.5. The minimum Gasteiger partial charge on any atom is -0.409 e. The maximum atomic E-state index is 12.0. The Hall–Kier alpha value is -1.38. The van der Waals surface area contributed by atoms with Gasteiger partial charge in [-0.1, -0.05) is 12.1 Å². The second-order valence-corrected chi connectivity index (χ2v) is 4.91. The Balaban J connectivity index is 2.35. The van der Waals surface area contributed by atoms with Crippen molar-refractivity contribution >= 4 is 11.7 Å². The topological polar surface area (TPSA) is 101 Å². The molecule has 21 heavy (non-hydrogen) atoms. The van der Waals surface area contributed by atoms with Crippen LogP contribution in [0.25, 0.3) is 0 Å². The molecular formula is C13H26N4O4. The van der Waals surface area contributed by atoms with Crippen LogP contribution in [0.2, 0.25) is 0 Å². The molecule has 8 nitrogen and oxygen atoms in total. The van der Waals surface area contributed by atoms with Crippen LogP contribution < -0.4 is 5.73 Å². The van der Waals surface area contributed by atoms with Gasteiger partial charge in [0.05, 0.1) is 19.3 Å². The molecule has 0 aromatic heterocycles. The number of piperazine rings is 1. The number of amides is 1. The largest absolute Gasteiger partial charge is 0.409 e. The lowest BCUT2D eigenvalue weighted by molar-refractivity contribution is -0.138. The minimum atomic E-state index is -0.0785. The molecule has 1 unspecified atom stereocenters. The van der Waals surface area contributed by atoms with Gasteiger partial charge in [0.2, 0.25) is 5.91 Å². The van der Waals surface area contributed by atoms with Crippen LogP contribution in [-0.4, -0.2) is 85.9 Å². The van der Waals surface area contributed by atoms with Gasteiger partial charge in [0, 0.05) is 33.3 Å². The standard InChI is InChI=1S/C13H26N4O4/c1-3-11(13(14)15-19)16-4-6-17(7-5-16)12(18)10-21-9-8-20-2/h11,19H,3-10H2,1-2H3,(H2,14,15). The van der Waals surface area contributed by atoms with Gasteiger partial charge in [-0.05, 0) is 6.42 Å². The number of hydrogen-bond donors (Lipinski definition) is 2. The molecule has 0 aliphatic carbocycles. The normalized spacial score (nSPS) is 18.8. The van der Waals surface area contributed by atoms with E-state index in [0.29, 0.717) is 39.4 Å². The van der Waals surface area contributed by atoms with Crippen molar-refractivity contribution in [1.29, 1.82) is 0 Å². The first-order valence-electron chi connectivity index (χ1n) is 7.19. The number of methoxy groups -OCH3 is 1. The Morgan fingerprint density at radius 1 is 1.33 bits per heavy atom. The van der Waals surface area contributed by atoms with Gasteiger partial charge < -0.3 is 25.3 Å². The van der Waals surface area contributed by atoms with Gasteiger partial charge in [0.1, 0.15) is 6.61 Å². The van der Waals surface area contributed by atoms with Crippen LogP contribution in [0.5, 0.6) is 0 Å². The maximum absolute atomic E-state index is 12.0. The highest BCUT2D eigenvalue weighted by molar-refractivity contribution is 5.85. The number of carbonyl (C=O) groups is 1. The van der Waals surface area contributed by atoms with E-state index in [-0.39, 0.29) is 24.4 Å². The first kappa shape index (κ1) is 17.7. The van der Waals surface area contributed by atoms with Crippen LogP contribution in [0, 0.1) is 0 Å². The summed E-state index contributed by atoms with van der Waals surface area (Å²) in [5.41, 5.74) is 5.69. The molecule has 8 heteroatoms. The van der Waals surface area contributed by atoms with Crippen molar-refractivity contribution in [3.8, 4) is 0 Å². The van der Waals surface area contributed by atoms with E-state index in [1.807, 2.05) is 6.92 Å². The lowest BCUT2D eigenvalue weighted by Crippen LogP contribution is -2.55. The molecule has 122 valence electrons. The van der Waals surface area contributed by atoms with Gasteiger partial charge in [0.25, 0.3) is 0 Å². The van der Waals surface area contributed by atoms with E-state index in [9.17, 15) is 4.79 Å². The number of oxime groups is 1. The fraction of sp³-hybridized carbons (Fsp3) is 0.846. The summed E-state index contributed by atoms with van der Waals surface area (Å²) in [4.78, 5) is 15.9. The molecule has 0 bridgehead atoms. The average molecular weight is 302 g/mol. The molecule has 1 aliphatic rings. The third-order valence-electron chi connectivity index (χ3n) is 3.61. The van der Waals surface area contributed by atoms with Crippen molar-refractivity contribution in [3.05, 3.63) is 0 Å². The van der Waals surface area contributed by atoms with Crippen molar-refractivity contribution in [3.63, 3.8) is 0 Å². The molecule has 1 saturated heterocycles. The van der Waals surface area contributed by atoms with Crippen LogP contribution in [0.15, 0.2) is 5.16 Å². The first-order chi connectivity index (χ1) is 10.1. The zero-order chi connectivity index (χ0) is 15.7. The van der Waals surface area contributed by atoms with E-state index in [0.717, 1.165) is 6.42 Å².